The number of nitrogens with one attached hydrogen (secondary N) is 1. The first-order valence-corrected chi connectivity index (χ1v) is 5.53. The van der Waals surface area contributed by atoms with E-state index in [0.717, 1.165) is 13.0 Å². The summed E-state index contributed by atoms with van der Waals surface area (Å²) in [6.07, 6.45) is 6.10. The van der Waals surface area contributed by atoms with Crippen LogP contribution in [0.15, 0.2) is 42.9 Å². The molecule has 1 amide bonds. The van der Waals surface area contributed by atoms with Crippen molar-refractivity contribution in [3.8, 4) is 0 Å². The number of aryl methyl sites for hydroxylation is 1. The number of carbonyl (C=O) groups excluding carboxylic acids is 1. The van der Waals surface area contributed by atoms with Gasteiger partial charge in [-0.05, 0) is 24.6 Å². The van der Waals surface area contributed by atoms with Crippen LogP contribution in [0.2, 0.25) is 0 Å². The Labute approximate surface area is 99.5 Å². The number of pyridine rings is 1. The van der Waals surface area contributed by atoms with Gasteiger partial charge in [0.25, 0.3) is 5.91 Å². The number of nitrogens with zero attached hydrogens (tertiary/aromatic N) is 3. The van der Waals surface area contributed by atoms with E-state index in [0.29, 0.717) is 12.2 Å². The van der Waals surface area contributed by atoms with Gasteiger partial charge in [-0.2, -0.15) is 5.10 Å². The van der Waals surface area contributed by atoms with E-state index in [1.165, 1.54) is 0 Å². The molecule has 0 bridgehead atoms. The molecule has 0 spiro atoms. The SMILES string of the molecule is O=C(NCCCn1cccn1)c1ccccn1. The second-order valence-corrected chi connectivity index (χ2v) is 3.59. The van der Waals surface area contributed by atoms with E-state index in [9.17, 15) is 4.79 Å². The van der Waals surface area contributed by atoms with Gasteiger partial charge in [-0.3, -0.25) is 14.5 Å². The van der Waals surface area contributed by atoms with Crippen LogP contribution in [0.1, 0.15) is 16.9 Å². The van der Waals surface area contributed by atoms with Crippen LogP contribution in [0.5, 0.6) is 0 Å². The Morgan fingerprint density at radius 3 is 2.94 bits per heavy atom. The molecule has 2 rings (SSSR count). The highest BCUT2D eigenvalue weighted by molar-refractivity contribution is 5.92. The predicted molar refractivity (Wildman–Crippen MR) is 63.4 cm³/mol. The molecule has 0 unspecified atom stereocenters. The number of hydrogen-bond acceptors (Lipinski definition) is 3. The summed E-state index contributed by atoms with van der Waals surface area (Å²) in [7, 11) is 0. The lowest BCUT2D eigenvalue weighted by atomic mass is 10.3. The maximum Gasteiger partial charge on any atom is 0.269 e. The average molecular weight is 230 g/mol. The molecule has 5 heteroatoms. The molecule has 2 heterocycles. The molecule has 0 fully saturated rings. The van der Waals surface area contributed by atoms with Crippen molar-refractivity contribution in [1.29, 1.82) is 0 Å². The Kier molecular flexibility index (Phi) is 3.85. The first-order chi connectivity index (χ1) is 8.36. The van der Waals surface area contributed by atoms with E-state index < -0.39 is 0 Å². The van der Waals surface area contributed by atoms with E-state index in [2.05, 4.69) is 15.4 Å². The van der Waals surface area contributed by atoms with E-state index in [-0.39, 0.29) is 5.91 Å². The molecule has 0 aliphatic carbocycles. The minimum absolute atomic E-state index is 0.133. The third kappa shape index (κ3) is 3.41. The molecule has 1 N–H and O–H groups in total. The summed E-state index contributed by atoms with van der Waals surface area (Å²) in [5, 5.41) is 6.90. The molecule has 0 atom stereocenters. The van der Waals surface area contributed by atoms with Gasteiger partial charge in [0, 0.05) is 31.7 Å². The lowest BCUT2D eigenvalue weighted by molar-refractivity contribution is 0.0947. The van der Waals surface area contributed by atoms with Crippen molar-refractivity contribution in [2.45, 2.75) is 13.0 Å². The van der Waals surface area contributed by atoms with Crippen LogP contribution >= 0.6 is 0 Å². The summed E-state index contributed by atoms with van der Waals surface area (Å²) >= 11 is 0. The van der Waals surface area contributed by atoms with Crippen molar-refractivity contribution >= 4 is 5.91 Å². The summed E-state index contributed by atoms with van der Waals surface area (Å²) in [6.45, 7) is 1.42. The van der Waals surface area contributed by atoms with Crippen LogP contribution < -0.4 is 5.32 Å². The van der Waals surface area contributed by atoms with Gasteiger partial charge in [-0.25, -0.2) is 0 Å². The van der Waals surface area contributed by atoms with Crippen LogP contribution in [-0.2, 0) is 6.54 Å². The van der Waals surface area contributed by atoms with Gasteiger partial charge >= 0.3 is 0 Å². The van der Waals surface area contributed by atoms with Gasteiger partial charge < -0.3 is 5.32 Å². The molecule has 2 aromatic rings. The zero-order valence-corrected chi connectivity index (χ0v) is 9.41. The molecule has 0 saturated heterocycles. The smallest absolute Gasteiger partial charge is 0.269 e. The lowest BCUT2D eigenvalue weighted by Gasteiger charge is -2.04. The van der Waals surface area contributed by atoms with E-state index in [4.69, 9.17) is 0 Å². The van der Waals surface area contributed by atoms with Gasteiger partial charge in [0.05, 0.1) is 0 Å². The molecule has 0 aromatic carbocycles. The first-order valence-electron chi connectivity index (χ1n) is 5.53. The molecule has 88 valence electrons. The summed E-state index contributed by atoms with van der Waals surface area (Å²) in [5.41, 5.74) is 0.451. The number of aromatic nitrogens is 3. The quantitative estimate of drug-likeness (QED) is 0.782. The number of carbonyl (C=O) groups is 1. The monoisotopic (exact) mass is 230 g/mol. The van der Waals surface area contributed by atoms with Gasteiger partial charge in [0.15, 0.2) is 0 Å². The highest BCUT2D eigenvalue weighted by atomic mass is 16.1. The number of hydrogen-bond donors (Lipinski definition) is 1. The van der Waals surface area contributed by atoms with Crippen molar-refractivity contribution in [3.63, 3.8) is 0 Å². The van der Waals surface area contributed by atoms with E-state index in [1.54, 1.807) is 30.6 Å². The Hall–Kier alpha value is -2.17. The van der Waals surface area contributed by atoms with Crippen LogP contribution in [0, 0.1) is 0 Å². The Bertz CT molecular complexity index is 453. The second-order valence-electron chi connectivity index (χ2n) is 3.59. The van der Waals surface area contributed by atoms with Crippen molar-refractivity contribution in [2.24, 2.45) is 0 Å². The molecular formula is C12H14N4O. The Morgan fingerprint density at radius 1 is 1.29 bits per heavy atom. The van der Waals surface area contributed by atoms with Crippen LogP contribution in [0.4, 0.5) is 0 Å². The fraction of sp³-hybridized carbons (Fsp3) is 0.250. The van der Waals surface area contributed by atoms with Crippen LogP contribution in [0.3, 0.4) is 0 Å². The molecule has 17 heavy (non-hydrogen) atoms. The fourth-order valence-electron chi connectivity index (χ4n) is 1.46. The molecule has 0 radical (unpaired) electrons. The van der Waals surface area contributed by atoms with Crippen molar-refractivity contribution < 1.29 is 4.79 Å². The lowest BCUT2D eigenvalue weighted by Crippen LogP contribution is -2.26. The predicted octanol–water partition coefficient (Wildman–Crippen LogP) is 1.10. The van der Waals surface area contributed by atoms with E-state index in [1.807, 2.05) is 16.9 Å². The van der Waals surface area contributed by atoms with Crippen molar-refractivity contribution in [1.82, 2.24) is 20.1 Å². The molecule has 2 aromatic heterocycles. The first kappa shape index (κ1) is 11.3. The highest BCUT2D eigenvalue weighted by Gasteiger charge is 2.04. The van der Waals surface area contributed by atoms with Crippen molar-refractivity contribution in [2.75, 3.05) is 6.54 Å². The topological polar surface area (TPSA) is 59.8 Å². The summed E-state index contributed by atoms with van der Waals surface area (Å²) in [5.74, 6) is -0.133. The number of amides is 1. The molecule has 0 aliphatic heterocycles. The van der Waals surface area contributed by atoms with Crippen LogP contribution in [-0.4, -0.2) is 27.2 Å². The standard InChI is InChI=1S/C12H14N4O/c17-12(11-5-1-2-6-13-11)14-7-3-9-16-10-4-8-15-16/h1-2,4-6,8,10H,3,7,9H2,(H,14,17). The molecular weight excluding hydrogens is 216 g/mol. The maximum absolute atomic E-state index is 11.6. The minimum Gasteiger partial charge on any atom is -0.351 e. The molecule has 0 saturated carbocycles. The van der Waals surface area contributed by atoms with Gasteiger partial charge in [-0.1, -0.05) is 6.07 Å². The molecule has 5 nitrogen and oxygen atoms in total. The third-order valence-corrected chi connectivity index (χ3v) is 2.31. The Balaban J connectivity index is 1.70. The third-order valence-electron chi connectivity index (χ3n) is 2.31. The highest BCUT2D eigenvalue weighted by Crippen LogP contribution is 1.93. The van der Waals surface area contributed by atoms with E-state index >= 15 is 0 Å². The average Bonchev–Trinajstić information content (AvgIpc) is 2.88. The van der Waals surface area contributed by atoms with Gasteiger partial charge in [0.2, 0.25) is 0 Å². The maximum atomic E-state index is 11.6. The van der Waals surface area contributed by atoms with Gasteiger partial charge in [0.1, 0.15) is 5.69 Å². The fourth-order valence-corrected chi connectivity index (χ4v) is 1.46. The Morgan fingerprint density at radius 2 is 2.24 bits per heavy atom. The van der Waals surface area contributed by atoms with Crippen molar-refractivity contribution in [3.05, 3.63) is 48.5 Å². The summed E-state index contributed by atoms with van der Waals surface area (Å²) in [4.78, 5) is 15.6. The minimum atomic E-state index is -0.133. The normalized spacial score (nSPS) is 10.1. The summed E-state index contributed by atoms with van der Waals surface area (Å²) < 4.78 is 1.84. The van der Waals surface area contributed by atoms with Crippen LogP contribution in [0.25, 0.3) is 0 Å². The zero-order valence-electron chi connectivity index (χ0n) is 9.41. The zero-order chi connectivity index (χ0) is 11.9. The second kappa shape index (κ2) is 5.79. The molecule has 0 aliphatic rings. The summed E-state index contributed by atoms with van der Waals surface area (Å²) in [6, 6.07) is 7.16. The number of rotatable bonds is 5. The largest absolute Gasteiger partial charge is 0.351 e. The van der Waals surface area contributed by atoms with Gasteiger partial charge in [-0.15, -0.1) is 0 Å².